The second-order valence-electron chi connectivity index (χ2n) is 3.39. The lowest BCUT2D eigenvalue weighted by atomic mass is 10.0. The van der Waals surface area contributed by atoms with Crippen LogP contribution in [-0.2, 0) is 11.2 Å². The number of alkyl halides is 1. The van der Waals surface area contributed by atoms with E-state index < -0.39 is 6.67 Å². The molecule has 2 heteroatoms. The van der Waals surface area contributed by atoms with Gasteiger partial charge in [0.25, 0.3) is 0 Å². The molecular formula is C16H17FO. The van der Waals surface area contributed by atoms with Crippen molar-refractivity contribution in [3.05, 3.63) is 59.7 Å². The van der Waals surface area contributed by atoms with Crippen LogP contribution in [0.2, 0.25) is 0 Å². The molecule has 18 heavy (non-hydrogen) atoms. The van der Waals surface area contributed by atoms with E-state index in [0.29, 0.717) is 12.0 Å². The minimum Gasteiger partial charge on any atom is -0.294 e. The molecule has 94 valence electrons. The van der Waals surface area contributed by atoms with Gasteiger partial charge in [0.15, 0.2) is 5.78 Å². The van der Waals surface area contributed by atoms with Crippen LogP contribution in [0.5, 0.6) is 0 Å². The standard InChI is InChI=1S/C14H15FO.C2H2/c1-2-13(9-6-10-15)14(16)11-12-7-4-3-5-8-12;1-2/h2-9H,10-11H2,1H3;1-2H/b9-6-,13-2+;. The highest BCUT2D eigenvalue weighted by Crippen LogP contribution is 2.07. The fourth-order valence-corrected chi connectivity index (χ4v) is 1.40. The number of terminal acetylenes is 1. The molecule has 0 aliphatic heterocycles. The predicted molar refractivity (Wildman–Crippen MR) is 73.9 cm³/mol. The zero-order valence-corrected chi connectivity index (χ0v) is 10.5. The van der Waals surface area contributed by atoms with Crippen molar-refractivity contribution in [2.45, 2.75) is 13.3 Å². The molecule has 0 saturated carbocycles. The quantitative estimate of drug-likeness (QED) is 0.440. The van der Waals surface area contributed by atoms with Gasteiger partial charge in [-0.1, -0.05) is 48.6 Å². The summed E-state index contributed by atoms with van der Waals surface area (Å²) in [4.78, 5) is 11.8. The topological polar surface area (TPSA) is 17.1 Å². The van der Waals surface area contributed by atoms with Gasteiger partial charge >= 0.3 is 0 Å². The molecule has 0 fully saturated rings. The lowest BCUT2D eigenvalue weighted by Crippen LogP contribution is -2.04. The van der Waals surface area contributed by atoms with E-state index in [0.717, 1.165) is 5.56 Å². The molecular weight excluding hydrogens is 227 g/mol. The first kappa shape index (κ1) is 15.9. The summed E-state index contributed by atoms with van der Waals surface area (Å²) in [6, 6.07) is 9.52. The highest BCUT2D eigenvalue weighted by atomic mass is 19.1. The second-order valence-corrected chi connectivity index (χ2v) is 3.39. The molecule has 0 radical (unpaired) electrons. The normalized spacial score (nSPS) is 10.8. The SMILES string of the molecule is C#C.C/C=C(\C=C/CF)C(=O)Cc1ccccc1. The third-order valence-corrected chi connectivity index (χ3v) is 2.23. The van der Waals surface area contributed by atoms with E-state index in [2.05, 4.69) is 12.8 Å². The Morgan fingerprint density at radius 2 is 1.89 bits per heavy atom. The zero-order chi connectivity index (χ0) is 13.8. The average molecular weight is 244 g/mol. The van der Waals surface area contributed by atoms with Crippen LogP contribution >= 0.6 is 0 Å². The summed E-state index contributed by atoms with van der Waals surface area (Å²) in [5, 5.41) is 0. The Bertz CT molecular complexity index is 427. The summed E-state index contributed by atoms with van der Waals surface area (Å²) in [6.07, 6.45) is 12.9. The molecule has 0 heterocycles. The van der Waals surface area contributed by atoms with Gasteiger partial charge in [0.05, 0.1) is 0 Å². The Balaban J connectivity index is 0.00000137. The number of Topliss-reactive ketones (excluding diaryl/α,β-unsaturated/α-hetero) is 1. The molecule has 0 unspecified atom stereocenters. The van der Waals surface area contributed by atoms with E-state index in [1.54, 1.807) is 13.0 Å². The Morgan fingerprint density at radius 3 is 2.39 bits per heavy atom. The molecule has 0 atom stereocenters. The molecule has 0 N–H and O–H groups in total. The second kappa shape index (κ2) is 10.0. The maximum Gasteiger partial charge on any atom is 0.166 e. The van der Waals surface area contributed by atoms with Crippen LogP contribution in [0.15, 0.2) is 54.1 Å². The van der Waals surface area contributed by atoms with Gasteiger partial charge in [-0.2, -0.15) is 0 Å². The average Bonchev–Trinajstić information content (AvgIpc) is 2.43. The van der Waals surface area contributed by atoms with Crippen LogP contribution in [0, 0.1) is 12.8 Å². The predicted octanol–water partition coefficient (Wildman–Crippen LogP) is 3.52. The van der Waals surface area contributed by atoms with Gasteiger partial charge in [-0.05, 0) is 12.5 Å². The summed E-state index contributed by atoms with van der Waals surface area (Å²) in [5.74, 6) is 0.0124. The van der Waals surface area contributed by atoms with Gasteiger partial charge in [0, 0.05) is 12.0 Å². The Hall–Kier alpha value is -2.14. The highest BCUT2D eigenvalue weighted by molar-refractivity contribution is 5.99. The van der Waals surface area contributed by atoms with Crippen molar-refractivity contribution >= 4 is 5.78 Å². The molecule has 0 saturated heterocycles. The van der Waals surface area contributed by atoms with Crippen LogP contribution in [0.25, 0.3) is 0 Å². The van der Waals surface area contributed by atoms with E-state index in [1.165, 1.54) is 12.2 Å². The first-order chi connectivity index (χ1) is 8.77. The van der Waals surface area contributed by atoms with Crippen LogP contribution in [-0.4, -0.2) is 12.5 Å². The summed E-state index contributed by atoms with van der Waals surface area (Å²) in [5.41, 5.74) is 1.53. The van der Waals surface area contributed by atoms with Crippen molar-refractivity contribution in [2.75, 3.05) is 6.67 Å². The fourth-order valence-electron chi connectivity index (χ4n) is 1.40. The molecule has 0 aromatic heterocycles. The van der Waals surface area contributed by atoms with Gasteiger partial charge in [0.1, 0.15) is 6.67 Å². The zero-order valence-electron chi connectivity index (χ0n) is 10.5. The van der Waals surface area contributed by atoms with Gasteiger partial charge in [0.2, 0.25) is 0 Å². The summed E-state index contributed by atoms with van der Waals surface area (Å²) >= 11 is 0. The summed E-state index contributed by atoms with van der Waals surface area (Å²) in [7, 11) is 0. The number of rotatable bonds is 5. The molecule has 0 spiro atoms. The molecule has 0 bridgehead atoms. The minimum absolute atomic E-state index is 0.0124. The molecule has 0 aliphatic rings. The maximum atomic E-state index is 12.0. The third kappa shape index (κ3) is 5.81. The number of allylic oxidation sites excluding steroid dienone is 4. The lowest BCUT2D eigenvalue weighted by molar-refractivity contribution is -0.114. The summed E-state index contributed by atoms with van der Waals surface area (Å²) < 4.78 is 12.0. The highest BCUT2D eigenvalue weighted by Gasteiger charge is 2.06. The lowest BCUT2D eigenvalue weighted by Gasteiger charge is -2.01. The largest absolute Gasteiger partial charge is 0.294 e. The van der Waals surface area contributed by atoms with E-state index in [4.69, 9.17) is 0 Å². The molecule has 1 aromatic rings. The number of carbonyl (C=O) groups excluding carboxylic acids is 1. The molecule has 1 aromatic carbocycles. The van der Waals surface area contributed by atoms with Crippen LogP contribution in [0.4, 0.5) is 4.39 Å². The van der Waals surface area contributed by atoms with E-state index in [9.17, 15) is 9.18 Å². The van der Waals surface area contributed by atoms with Gasteiger partial charge in [-0.15, -0.1) is 12.8 Å². The van der Waals surface area contributed by atoms with Crippen LogP contribution < -0.4 is 0 Å². The van der Waals surface area contributed by atoms with Gasteiger partial charge in [-0.3, -0.25) is 4.79 Å². The fraction of sp³-hybridized carbons (Fsp3) is 0.188. The Morgan fingerprint density at radius 1 is 1.28 bits per heavy atom. The summed E-state index contributed by atoms with van der Waals surface area (Å²) in [6.45, 7) is 1.23. The smallest absolute Gasteiger partial charge is 0.166 e. The first-order valence-electron chi connectivity index (χ1n) is 5.57. The minimum atomic E-state index is -0.546. The third-order valence-electron chi connectivity index (χ3n) is 2.23. The number of carbonyl (C=O) groups is 1. The number of hydrogen-bond acceptors (Lipinski definition) is 1. The number of ketones is 1. The monoisotopic (exact) mass is 244 g/mol. The number of hydrogen-bond donors (Lipinski definition) is 0. The van der Waals surface area contributed by atoms with Gasteiger partial charge < -0.3 is 0 Å². The molecule has 1 rings (SSSR count). The van der Waals surface area contributed by atoms with Crippen molar-refractivity contribution < 1.29 is 9.18 Å². The van der Waals surface area contributed by atoms with E-state index >= 15 is 0 Å². The van der Waals surface area contributed by atoms with Crippen molar-refractivity contribution in [1.29, 1.82) is 0 Å². The van der Waals surface area contributed by atoms with E-state index in [-0.39, 0.29) is 5.78 Å². The molecule has 0 amide bonds. The number of halogens is 1. The molecule has 1 nitrogen and oxygen atoms in total. The first-order valence-corrected chi connectivity index (χ1v) is 5.57. The van der Waals surface area contributed by atoms with Crippen molar-refractivity contribution in [1.82, 2.24) is 0 Å². The van der Waals surface area contributed by atoms with Gasteiger partial charge in [-0.25, -0.2) is 4.39 Å². The molecule has 0 aliphatic carbocycles. The van der Waals surface area contributed by atoms with Crippen LogP contribution in [0.1, 0.15) is 12.5 Å². The Kier molecular flexibility index (Phi) is 8.85. The van der Waals surface area contributed by atoms with Crippen molar-refractivity contribution in [2.24, 2.45) is 0 Å². The van der Waals surface area contributed by atoms with Crippen LogP contribution in [0.3, 0.4) is 0 Å². The van der Waals surface area contributed by atoms with E-state index in [1.807, 2.05) is 30.3 Å². The van der Waals surface area contributed by atoms with Crippen molar-refractivity contribution in [3.63, 3.8) is 0 Å². The maximum absolute atomic E-state index is 12.0. The van der Waals surface area contributed by atoms with Crippen molar-refractivity contribution in [3.8, 4) is 12.8 Å². The number of benzene rings is 1. The Labute approximate surface area is 108 Å².